The molecule has 0 spiro atoms. The Kier molecular flexibility index (Phi) is 2.46. The van der Waals surface area contributed by atoms with Crippen molar-refractivity contribution in [3.63, 3.8) is 0 Å². The second-order valence-electron chi connectivity index (χ2n) is 4.72. The third-order valence-corrected chi connectivity index (χ3v) is 4.07. The van der Waals surface area contributed by atoms with Gasteiger partial charge in [0.1, 0.15) is 5.60 Å². The molecular formula is C11H21NO. The highest BCUT2D eigenvalue weighted by atomic mass is 16.5. The SMILES string of the molecule is C=C(N)[C@@]1(OC)CCC(C)C1(C)C. The second kappa shape index (κ2) is 3.02. The first-order chi connectivity index (χ1) is 5.88. The largest absolute Gasteiger partial charge is 0.400 e. The Morgan fingerprint density at radius 1 is 1.54 bits per heavy atom. The van der Waals surface area contributed by atoms with Crippen LogP contribution in [0.25, 0.3) is 0 Å². The Morgan fingerprint density at radius 3 is 2.23 bits per heavy atom. The fourth-order valence-electron chi connectivity index (χ4n) is 2.57. The van der Waals surface area contributed by atoms with Crippen molar-refractivity contribution in [3.05, 3.63) is 12.3 Å². The van der Waals surface area contributed by atoms with Crippen molar-refractivity contribution in [2.75, 3.05) is 7.11 Å². The summed E-state index contributed by atoms with van der Waals surface area (Å²) in [6, 6.07) is 0. The van der Waals surface area contributed by atoms with Crippen molar-refractivity contribution >= 4 is 0 Å². The first kappa shape index (κ1) is 10.6. The van der Waals surface area contributed by atoms with Crippen LogP contribution in [-0.4, -0.2) is 12.7 Å². The lowest BCUT2D eigenvalue weighted by atomic mass is 9.71. The predicted octanol–water partition coefficient (Wildman–Crippen LogP) is 2.30. The molecular weight excluding hydrogens is 162 g/mol. The van der Waals surface area contributed by atoms with Crippen LogP contribution in [0.15, 0.2) is 12.3 Å². The van der Waals surface area contributed by atoms with E-state index in [1.54, 1.807) is 7.11 Å². The van der Waals surface area contributed by atoms with E-state index < -0.39 is 0 Å². The molecule has 0 aliphatic heterocycles. The quantitative estimate of drug-likeness (QED) is 0.713. The Morgan fingerprint density at radius 2 is 2.08 bits per heavy atom. The van der Waals surface area contributed by atoms with E-state index in [9.17, 15) is 0 Å². The summed E-state index contributed by atoms with van der Waals surface area (Å²) >= 11 is 0. The minimum Gasteiger partial charge on any atom is -0.400 e. The Bertz CT molecular complexity index is 222. The van der Waals surface area contributed by atoms with Crippen molar-refractivity contribution < 1.29 is 4.74 Å². The summed E-state index contributed by atoms with van der Waals surface area (Å²) in [4.78, 5) is 0. The van der Waals surface area contributed by atoms with E-state index in [-0.39, 0.29) is 11.0 Å². The van der Waals surface area contributed by atoms with Gasteiger partial charge < -0.3 is 10.5 Å². The molecule has 0 radical (unpaired) electrons. The summed E-state index contributed by atoms with van der Waals surface area (Å²) in [6.07, 6.45) is 2.16. The maximum atomic E-state index is 5.86. The van der Waals surface area contributed by atoms with Crippen LogP contribution in [0, 0.1) is 11.3 Å². The number of hydrogen-bond donors (Lipinski definition) is 1. The van der Waals surface area contributed by atoms with Crippen LogP contribution >= 0.6 is 0 Å². The number of methoxy groups -OCH3 is 1. The third kappa shape index (κ3) is 1.19. The van der Waals surface area contributed by atoms with E-state index in [1.807, 2.05) is 0 Å². The van der Waals surface area contributed by atoms with Gasteiger partial charge in [-0.15, -0.1) is 0 Å². The number of hydrogen-bond acceptors (Lipinski definition) is 2. The zero-order chi connectivity index (χ0) is 10.3. The Labute approximate surface area is 81.1 Å². The van der Waals surface area contributed by atoms with Crippen LogP contribution in [0.1, 0.15) is 33.6 Å². The second-order valence-corrected chi connectivity index (χ2v) is 4.72. The smallest absolute Gasteiger partial charge is 0.112 e. The molecule has 0 bridgehead atoms. The zero-order valence-electron chi connectivity index (χ0n) is 9.18. The van der Waals surface area contributed by atoms with Gasteiger partial charge in [0, 0.05) is 18.2 Å². The van der Waals surface area contributed by atoms with E-state index in [2.05, 4.69) is 27.4 Å². The molecule has 0 aromatic rings. The van der Waals surface area contributed by atoms with Gasteiger partial charge in [-0.1, -0.05) is 27.4 Å². The molecule has 0 saturated heterocycles. The molecule has 1 rings (SSSR count). The topological polar surface area (TPSA) is 35.2 Å². The maximum absolute atomic E-state index is 5.86. The van der Waals surface area contributed by atoms with Crippen LogP contribution < -0.4 is 5.73 Å². The highest BCUT2D eigenvalue weighted by Gasteiger charge is 2.54. The molecule has 2 heteroatoms. The fraction of sp³-hybridized carbons (Fsp3) is 0.818. The van der Waals surface area contributed by atoms with Gasteiger partial charge >= 0.3 is 0 Å². The molecule has 2 atom stereocenters. The Hall–Kier alpha value is -0.500. The summed E-state index contributed by atoms with van der Waals surface area (Å²) < 4.78 is 5.62. The van der Waals surface area contributed by atoms with E-state index in [0.29, 0.717) is 11.6 Å². The van der Waals surface area contributed by atoms with Gasteiger partial charge in [-0.2, -0.15) is 0 Å². The van der Waals surface area contributed by atoms with Gasteiger partial charge in [0.15, 0.2) is 0 Å². The van der Waals surface area contributed by atoms with Gasteiger partial charge in [0.2, 0.25) is 0 Å². The van der Waals surface area contributed by atoms with Crippen molar-refractivity contribution in [1.29, 1.82) is 0 Å². The van der Waals surface area contributed by atoms with Crippen molar-refractivity contribution in [2.45, 2.75) is 39.2 Å². The molecule has 1 unspecified atom stereocenters. The van der Waals surface area contributed by atoms with Crippen LogP contribution in [0.2, 0.25) is 0 Å². The van der Waals surface area contributed by atoms with E-state index in [1.165, 1.54) is 0 Å². The van der Waals surface area contributed by atoms with Crippen LogP contribution in [0.3, 0.4) is 0 Å². The van der Waals surface area contributed by atoms with Crippen LogP contribution in [-0.2, 0) is 4.74 Å². The molecule has 2 N–H and O–H groups in total. The van der Waals surface area contributed by atoms with Gasteiger partial charge in [0.25, 0.3) is 0 Å². The lowest BCUT2D eigenvalue weighted by Gasteiger charge is -2.42. The van der Waals surface area contributed by atoms with Gasteiger partial charge in [-0.3, -0.25) is 0 Å². The van der Waals surface area contributed by atoms with Crippen LogP contribution in [0.5, 0.6) is 0 Å². The first-order valence-electron chi connectivity index (χ1n) is 4.88. The number of ether oxygens (including phenoxy) is 1. The minimum atomic E-state index is -0.313. The molecule has 1 fully saturated rings. The summed E-state index contributed by atoms with van der Waals surface area (Å²) in [5.74, 6) is 0.632. The first-order valence-corrected chi connectivity index (χ1v) is 4.88. The standard InChI is InChI=1S/C11H21NO/c1-8-6-7-11(13-5,9(2)12)10(8,3)4/h8H,2,6-7,12H2,1,3-5H3/t8?,11-/m0/s1. The lowest BCUT2D eigenvalue weighted by molar-refractivity contribution is -0.0606. The average Bonchev–Trinajstić information content (AvgIpc) is 2.25. The third-order valence-electron chi connectivity index (χ3n) is 4.07. The van der Waals surface area contributed by atoms with Gasteiger partial charge in [0.05, 0.1) is 0 Å². The molecule has 0 aromatic carbocycles. The van der Waals surface area contributed by atoms with Crippen LogP contribution in [0.4, 0.5) is 0 Å². The lowest BCUT2D eigenvalue weighted by Crippen LogP contribution is -2.47. The zero-order valence-corrected chi connectivity index (χ0v) is 9.18. The van der Waals surface area contributed by atoms with Crippen molar-refractivity contribution in [3.8, 4) is 0 Å². The van der Waals surface area contributed by atoms with E-state index in [0.717, 1.165) is 12.8 Å². The molecule has 0 aromatic heterocycles. The molecule has 76 valence electrons. The minimum absolute atomic E-state index is 0.0909. The summed E-state index contributed by atoms with van der Waals surface area (Å²) in [6.45, 7) is 10.5. The molecule has 0 heterocycles. The maximum Gasteiger partial charge on any atom is 0.112 e. The molecule has 2 nitrogen and oxygen atoms in total. The highest BCUT2D eigenvalue weighted by Crippen LogP contribution is 2.53. The molecule has 1 saturated carbocycles. The normalized spacial score (nSPS) is 37.7. The average molecular weight is 183 g/mol. The van der Waals surface area contributed by atoms with E-state index in [4.69, 9.17) is 10.5 Å². The number of nitrogens with two attached hydrogens (primary N) is 1. The summed E-state index contributed by atoms with van der Waals surface area (Å²) in [7, 11) is 1.73. The molecule has 0 amide bonds. The predicted molar refractivity (Wildman–Crippen MR) is 55.2 cm³/mol. The fourth-order valence-corrected chi connectivity index (χ4v) is 2.57. The molecule has 1 aliphatic carbocycles. The van der Waals surface area contributed by atoms with Crippen molar-refractivity contribution in [1.82, 2.24) is 0 Å². The van der Waals surface area contributed by atoms with Gasteiger partial charge in [-0.25, -0.2) is 0 Å². The van der Waals surface area contributed by atoms with Crippen molar-refractivity contribution in [2.24, 2.45) is 17.1 Å². The molecule has 1 aliphatic rings. The Balaban J connectivity index is 3.08. The summed E-state index contributed by atoms with van der Waals surface area (Å²) in [5.41, 5.74) is 6.31. The summed E-state index contributed by atoms with van der Waals surface area (Å²) in [5, 5.41) is 0. The monoisotopic (exact) mass is 183 g/mol. The number of rotatable bonds is 2. The highest BCUT2D eigenvalue weighted by molar-refractivity contribution is 5.20. The van der Waals surface area contributed by atoms with Gasteiger partial charge in [-0.05, 0) is 18.8 Å². The molecule has 13 heavy (non-hydrogen) atoms. The van der Waals surface area contributed by atoms with E-state index >= 15 is 0 Å².